The SMILES string of the molecule is N#CC(=CCl)c1ccccc1S(=O)O. The Balaban J connectivity index is 3.35. The summed E-state index contributed by atoms with van der Waals surface area (Å²) in [6, 6.07) is 8.18. The maximum Gasteiger partial charge on any atom is 0.187 e. The molecule has 14 heavy (non-hydrogen) atoms. The van der Waals surface area contributed by atoms with Crippen LogP contribution in [0.25, 0.3) is 5.57 Å². The van der Waals surface area contributed by atoms with Gasteiger partial charge in [0.1, 0.15) is 6.07 Å². The number of allylic oxidation sites excluding steroid dienone is 1. The number of rotatable bonds is 2. The van der Waals surface area contributed by atoms with Crippen LogP contribution in [0.3, 0.4) is 0 Å². The molecular weight excluding hydrogens is 222 g/mol. The minimum Gasteiger partial charge on any atom is -0.302 e. The number of halogens is 1. The van der Waals surface area contributed by atoms with Crippen LogP contribution in [0.4, 0.5) is 0 Å². The number of benzene rings is 1. The molecule has 0 saturated carbocycles. The second-order valence-corrected chi connectivity index (χ2v) is 3.54. The molecule has 0 bridgehead atoms. The van der Waals surface area contributed by atoms with Crippen LogP contribution in [-0.2, 0) is 11.1 Å². The third-order valence-electron chi connectivity index (χ3n) is 1.59. The normalized spacial score (nSPS) is 13.4. The van der Waals surface area contributed by atoms with Crippen molar-refractivity contribution >= 4 is 28.3 Å². The van der Waals surface area contributed by atoms with Crippen LogP contribution in [0.1, 0.15) is 5.56 Å². The molecular formula is C9H6ClNO2S. The van der Waals surface area contributed by atoms with Crippen molar-refractivity contribution in [3.05, 3.63) is 35.4 Å². The third kappa shape index (κ3) is 2.20. The quantitative estimate of drug-likeness (QED) is 0.623. The van der Waals surface area contributed by atoms with Gasteiger partial charge < -0.3 is 4.55 Å². The highest BCUT2D eigenvalue weighted by Gasteiger charge is 2.10. The van der Waals surface area contributed by atoms with Gasteiger partial charge in [0.05, 0.1) is 10.5 Å². The zero-order chi connectivity index (χ0) is 10.6. The van der Waals surface area contributed by atoms with Crippen molar-refractivity contribution in [1.82, 2.24) is 0 Å². The lowest BCUT2D eigenvalue weighted by Crippen LogP contribution is -1.94. The number of nitriles is 1. The van der Waals surface area contributed by atoms with Crippen molar-refractivity contribution in [3.8, 4) is 6.07 Å². The highest BCUT2D eigenvalue weighted by atomic mass is 35.5. The molecule has 0 amide bonds. The highest BCUT2D eigenvalue weighted by molar-refractivity contribution is 7.79. The first-order chi connectivity index (χ1) is 6.70. The lowest BCUT2D eigenvalue weighted by Gasteiger charge is -2.02. The summed E-state index contributed by atoms with van der Waals surface area (Å²) in [4.78, 5) is 0.181. The van der Waals surface area contributed by atoms with Gasteiger partial charge in [0.2, 0.25) is 0 Å². The molecule has 0 aliphatic rings. The Hall–Kier alpha value is -1.15. The van der Waals surface area contributed by atoms with Crippen LogP contribution in [0.15, 0.2) is 34.7 Å². The van der Waals surface area contributed by atoms with E-state index in [0.717, 1.165) is 5.54 Å². The van der Waals surface area contributed by atoms with E-state index in [1.807, 2.05) is 6.07 Å². The standard InChI is InChI=1S/C9H6ClNO2S/c10-5-7(6-11)8-3-1-2-4-9(8)14(12)13/h1-5H,(H,12,13). The molecule has 0 fully saturated rings. The molecule has 1 aromatic rings. The lowest BCUT2D eigenvalue weighted by molar-refractivity contribution is 0.564. The molecule has 0 saturated heterocycles. The van der Waals surface area contributed by atoms with E-state index in [-0.39, 0.29) is 10.5 Å². The predicted octanol–water partition coefficient (Wildman–Crippen LogP) is 2.37. The van der Waals surface area contributed by atoms with Crippen molar-refractivity contribution in [1.29, 1.82) is 5.26 Å². The molecule has 0 spiro atoms. The minimum absolute atomic E-state index is 0.171. The van der Waals surface area contributed by atoms with E-state index in [0.29, 0.717) is 5.56 Å². The van der Waals surface area contributed by atoms with Crippen LogP contribution in [0, 0.1) is 11.3 Å². The van der Waals surface area contributed by atoms with E-state index in [4.69, 9.17) is 21.4 Å². The Bertz CT molecular complexity index is 437. The summed E-state index contributed by atoms with van der Waals surface area (Å²) < 4.78 is 19.8. The molecule has 1 atom stereocenters. The first-order valence-corrected chi connectivity index (χ1v) is 5.15. The molecule has 1 rings (SSSR count). The van der Waals surface area contributed by atoms with Gasteiger partial charge in [-0.2, -0.15) is 5.26 Å². The Kier molecular flexibility index (Phi) is 3.84. The van der Waals surface area contributed by atoms with Gasteiger partial charge in [-0.05, 0) is 6.07 Å². The zero-order valence-corrected chi connectivity index (χ0v) is 8.55. The fourth-order valence-electron chi connectivity index (χ4n) is 0.985. The van der Waals surface area contributed by atoms with Crippen molar-refractivity contribution < 1.29 is 8.76 Å². The number of hydrogen-bond acceptors (Lipinski definition) is 2. The second-order valence-electron chi connectivity index (χ2n) is 2.38. The van der Waals surface area contributed by atoms with Gasteiger partial charge in [0.15, 0.2) is 11.1 Å². The summed E-state index contributed by atoms with van der Waals surface area (Å²) in [6.45, 7) is 0. The van der Waals surface area contributed by atoms with Crippen molar-refractivity contribution in [2.45, 2.75) is 4.90 Å². The largest absolute Gasteiger partial charge is 0.302 e. The summed E-state index contributed by atoms with van der Waals surface area (Å²) in [7, 11) is 0. The summed E-state index contributed by atoms with van der Waals surface area (Å²) in [5.74, 6) is 0. The van der Waals surface area contributed by atoms with Crippen LogP contribution in [0.5, 0.6) is 0 Å². The fraction of sp³-hybridized carbons (Fsp3) is 0. The molecule has 0 radical (unpaired) electrons. The van der Waals surface area contributed by atoms with Crippen molar-refractivity contribution in [2.24, 2.45) is 0 Å². The minimum atomic E-state index is -2.11. The first kappa shape index (κ1) is 10.9. The molecule has 0 aromatic heterocycles. The van der Waals surface area contributed by atoms with Gasteiger partial charge in [-0.25, -0.2) is 4.21 Å². The van der Waals surface area contributed by atoms with Crippen LogP contribution >= 0.6 is 11.6 Å². The van der Waals surface area contributed by atoms with Crippen molar-refractivity contribution in [3.63, 3.8) is 0 Å². The molecule has 5 heteroatoms. The summed E-state index contributed by atoms with van der Waals surface area (Å²) in [5, 5.41) is 8.70. The van der Waals surface area contributed by atoms with E-state index < -0.39 is 11.1 Å². The molecule has 0 heterocycles. The van der Waals surface area contributed by atoms with Gasteiger partial charge in [-0.3, -0.25) is 0 Å². The molecule has 0 aliphatic heterocycles. The molecule has 3 nitrogen and oxygen atoms in total. The summed E-state index contributed by atoms with van der Waals surface area (Å²) in [6.07, 6.45) is 0. The number of nitrogens with zero attached hydrogens (tertiary/aromatic N) is 1. The molecule has 1 aromatic carbocycles. The van der Waals surface area contributed by atoms with E-state index in [1.165, 1.54) is 6.07 Å². The molecule has 1 unspecified atom stereocenters. The van der Waals surface area contributed by atoms with E-state index >= 15 is 0 Å². The van der Waals surface area contributed by atoms with Gasteiger partial charge in [0.25, 0.3) is 0 Å². The molecule has 72 valence electrons. The zero-order valence-electron chi connectivity index (χ0n) is 6.98. The van der Waals surface area contributed by atoms with Gasteiger partial charge in [0, 0.05) is 11.1 Å². The smallest absolute Gasteiger partial charge is 0.187 e. The van der Waals surface area contributed by atoms with Gasteiger partial charge in [-0.1, -0.05) is 29.8 Å². The maximum atomic E-state index is 10.9. The monoisotopic (exact) mass is 227 g/mol. The topological polar surface area (TPSA) is 61.1 Å². The van der Waals surface area contributed by atoms with Crippen LogP contribution in [0.2, 0.25) is 0 Å². The van der Waals surface area contributed by atoms with Crippen molar-refractivity contribution in [2.75, 3.05) is 0 Å². The Morgan fingerprint density at radius 3 is 2.71 bits per heavy atom. The van der Waals surface area contributed by atoms with E-state index in [9.17, 15) is 4.21 Å². The van der Waals surface area contributed by atoms with Crippen LogP contribution < -0.4 is 0 Å². The molecule has 0 aliphatic carbocycles. The number of hydrogen-bond donors (Lipinski definition) is 1. The highest BCUT2D eigenvalue weighted by Crippen LogP contribution is 2.21. The Morgan fingerprint density at radius 1 is 1.57 bits per heavy atom. The van der Waals surface area contributed by atoms with E-state index in [1.54, 1.807) is 18.2 Å². The Labute approximate surface area is 88.9 Å². The van der Waals surface area contributed by atoms with Crippen LogP contribution in [-0.4, -0.2) is 8.76 Å². The average molecular weight is 228 g/mol. The van der Waals surface area contributed by atoms with E-state index in [2.05, 4.69) is 0 Å². The van der Waals surface area contributed by atoms with Gasteiger partial charge in [-0.15, -0.1) is 0 Å². The summed E-state index contributed by atoms with van der Waals surface area (Å²) in [5.41, 5.74) is 1.64. The first-order valence-electron chi connectivity index (χ1n) is 3.61. The lowest BCUT2D eigenvalue weighted by atomic mass is 10.1. The fourth-order valence-corrected chi connectivity index (χ4v) is 1.71. The summed E-state index contributed by atoms with van der Waals surface area (Å²) >= 11 is 3.30. The predicted molar refractivity (Wildman–Crippen MR) is 54.9 cm³/mol. The Morgan fingerprint density at radius 2 is 2.21 bits per heavy atom. The molecule has 1 N–H and O–H groups in total. The average Bonchev–Trinajstić information content (AvgIpc) is 2.20. The third-order valence-corrected chi connectivity index (χ3v) is 2.55. The maximum absolute atomic E-state index is 10.9. The van der Waals surface area contributed by atoms with Gasteiger partial charge >= 0.3 is 0 Å². The second kappa shape index (κ2) is 4.91.